The number of thioether (sulfide) groups is 1. The number of Topliss-reactive ketones (excluding diaryl/α,β-unsaturated/α-hetero) is 1. The molecule has 1 heterocycles. The fourth-order valence-corrected chi connectivity index (χ4v) is 5.49. The molecule has 6 nitrogen and oxygen atoms in total. The topological polar surface area (TPSA) is 84.9 Å². The number of ketones is 1. The number of esters is 1. The van der Waals surface area contributed by atoms with E-state index in [9.17, 15) is 14.7 Å². The van der Waals surface area contributed by atoms with Crippen molar-refractivity contribution in [1.29, 1.82) is 0 Å². The summed E-state index contributed by atoms with van der Waals surface area (Å²) in [6.07, 6.45) is 1.04. The van der Waals surface area contributed by atoms with Crippen LogP contribution in [0.3, 0.4) is 0 Å². The van der Waals surface area contributed by atoms with E-state index in [1.165, 1.54) is 0 Å². The number of dihydropyridines is 1. The van der Waals surface area contributed by atoms with Crippen LogP contribution in [0.5, 0.6) is 11.5 Å². The molecule has 7 heteroatoms. The van der Waals surface area contributed by atoms with Crippen LogP contribution < -0.4 is 10.1 Å². The first kappa shape index (κ1) is 25.9. The minimum absolute atomic E-state index is 0.00739. The van der Waals surface area contributed by atoms with E-state index in [0.717, 1.165) is 17.0 Å². The Bertz CT molecular complexity index is 1190. The number of hydrogen-bond acceptors (Lipinski definition) is 7. The summed E-state index contributed by atoms with van der Waals surface area (Å²) in [6, 6.07) is 15.1. The van der Waals surface area contributed by atoms with Crippen LogP contribution in [0.1, 0.15) is 56.6 Å². The Labute approximate surface area is 216 Å². The Kier molecular flexibility index (Phi) is 8.41. The predicted octanol–water partition coefficient (Wildman–Crippen LogP) is 5.45. The molecule has 0 saturated carbocycles. The van der Waals surface area contributed by atoms with Crippen LogP contribution in [0.25, 0.3) is 0 Å². The van der Waals surface area contributed by atoms with Gasteiger partial charge in [-0.15, -0.1) is 0 Å². The SMILES string of the molecule is CCOc1cc(C2C(C(=O)OCCSCC)=C(C)NC3=C2C(=O)CC(c2ccccc2)C3)ccc1O. The molecule has 0 saturated heterocycles. The third-order valence-electron chi connectivity index (χ3n) is 6.60. The highest BCUT2D eigenvalue weighted by Crippen LogP contribution is 2.46. The number of allylic oxidation sites excluding steroid dienone is 3. The van der Waals surface area contributed by atoms with Gasteiger partial charge in [-0.1, -0.05) is 43.3 Å². The van der Waals surface area contributed by atoms with Gasteiger partial charge >= 0.3 is 5.97 Å². The van der Waals surface area contributed by atoms with Gasteiger partial charge in [0.2, 0.25) is 0 Å². The Hall–Kier alpha value is -3.19. The maximum absolute atomic E-state index is 13.7. The van der Waals surface area contributed by atoms with Gasteiger partial charge in [0, 0.05) is 35.1 Å². The summed E-state index contributed by atoms with van der Waals surface area (Å²) in [5, 5.41) is 13.7. The van der Waals surface area contributed by atoms with Crippen molar-refractivity contribution in [2.45, 2.75) is 45.4 Å². The molecule has 2 atom stereocenters. The number of hydrogen-bond donors (Lipinski definition) is 2. The van der Waals surface area contributed by atoms with E-state index in [1.807, 2.05) is 32.0 Å². The van der Waals surface area contributed by atoms with E-state index >= 15 is 0 Å². The number of carbonyl (C=O) groups is 2. The summed E-state index contributed by atoms with van der Waals surface area (Å²) < 4.78 is 11.3. The first-order chi connectivity index (χ1) is 17.4. The molecule has 0 aromatic heterocycles. The van der Waals surface area contributed by atoms with E-state index in [4.69, 9.17) is 9.47 Å². The maximum Gasteiger partial charge on any atom is 0.336 e. The zero-order valence-corrected chi connectivity index (χ0v) is 21.8. The Morgan fingerprint density at radius 1 is 1.11 bits per heavy atom. The maximum atomic E-state index is 13.7. The summed E-state index contributed by atoms with van der Waals surface area (Å²) >= 11 is 1.70. The van der Waals surface area contributed by atoms with Crippen molar-refractivity contribution < 1.29 is 24.2 Å². The lowest BCUT2D eigenvalue weighted by Gasteiger charge is -2.36. The van der Waals surface area contributed by atoms with Crippen LogP contribution in [0, 0.1) is 0 Å². The highest BCUT2D eigenvalue weighted by atomic mass is 32.2. The van der Waals surface area contributed by atoms with Gasteiger partial charge in [0.1, 0.15) is 6.61 Å². The molecule has 2 unspecified atom stereocenters. The molecule has 2 aromatic carbocycles. The highest BCUT2D eigenvalue weighted by molar-refractivity contribution is 7.99. The van der Waals surface area contributed by atoms with Crippen molar-refractivity contribution in [2.24, 2.45) is 0 Å². The van der Waals surface area contributed by atoms with Gasteiger partial charge in [-0.05, 0) is 55.2 Å². The normalized spacial score (nSPS) is 19.6. The van der Waals surface area contributed by atoms with Gasteiger partial charge in [0.25, 0.3) is 0 Å². The number of carbonyl (C=O) groups excluding carboxylic acids is 2. The number of aromatic hydroxyl groups is 1. The first-order valence-corrected chi connectivity index (χ1v) is 13.6. The van der Waals surface area contributed by atoms with Gasteiger partial charge in [-0.2, -0.15) is 11.8 Å². The smallest absolute Gasteiger partial charge is 0.336 e. The molecule has 2 N–H and O–H groups in total. The average Bonchev–Trinajstić information content (AvgIpc) is 2.87. The Morgan fingerprint density at radius 3 is 2.61 bits per heavy atom. The lowest BCUT2D eigenvalue weighted by atomic mass is 9.71. The first-order valence-electron chi connectivity index (χ1n) is 12.4. The highest BCUT2D eigenvalue weighted by Gasteiger charge is 2.41. The van der Waals surface area contributed by atoms with Crippen LogP contribution >= 0.6 is 11.8 Å². The van der Waals surface area contributed by atoms with Crippen LogP contribution in [-0.2, 0) is 14.3 Å². The summed E-state index contributed by atoms with van der Waals surface area (Å²) in [7, 11) is 0. The Balaban J connectivity index is 1.75. The Morgan fingerprint density at radius 2 is 1.89 bits per heavy atom. The number of benzene rings is 2. The summed E-state index contributed by atoms with van der Waals surface area (Å²) in [6.45, 7) is 6.44. The number of phenolic OH excluding ortho intramolecular Hbond substituents is 1. The molecule has 0 fully saturated rings. The van der Waals surface area contributed by atoms with Gasteiger partial charge in [0.05, 0.1) is 12.2 Å². The fraction of sp³-hybridized carbons (Fsp3) is 0.379. The quantitative estimate of drug-likeness (QED) is 0.345. The molecular formula is C29H33NO5S. The summed E-state index contributed by atoms with van der Waals surface area (Å²) in [5.41, 5.74) is 4.38. The van der Waals surface area contributed by atoms with Gasteiger partial charge in [0.15, 0.2) is 17.3 Å². The second-order valence-electron chi connectivity index (χ2n) is 8.92. The van der Waals surface area contributed by atoms with E-state index < -0.39 is 11.9 Å². The lowest BCUT2D eigenvalue weighted by Crippen LogP contribution is -2.36. The lowest BCUT2D eigenvalue weighted by molar-refractivity contribution is -0.138. The van der Waals surface area contributed by atoms with Crippen molar-refractivity contribution in [1.82, 2.24) is 5.32 Å². The average molecular weight is 508 g/mol. The van der Waals surface area contributed by atoms with Crippen molar-refractivity contribution in [2.75, 3.05) is 24.7 Å². The second kappa shape index (κ2) is 11.7. The van der Waals surface area contributed by atoms with Crippen LogP contribution in [0.4, 0.5) is 0 Å². The van der Waals surface area contributed by atoms with Gasteiger partial charge in [-0.25, -0.2) is 4.79 Å². The molecule has 190 valence electrons. The third-order valence-corrected chi connectivity index (χ3v) is 7.46. The zero-order valence-electron chi connectivity index (χ0n) is 21.0. The van der Waals surface area contributed by atoms with Crippen molar-refractivity contribution in [3.8, 4) is 11.5 Å². The monoisotopic (exact) mass is 507 g/mol. The summed E-state index contributed by atoms with van der Waals surface area (Å²) in [4.78, 5) is 27.0. The molecule has 0 spiro atoms. The molecule has 1 aliphatic carbocycles. The van der Waals surface area contributed by atoms with E-state index in [2.05, 4.69) is 24.4 Å². The number of rotatable bonds is 9. The van der Waals surface area contributed by atoms with E-state index in [1.54, 1.807) is 30.0 Å². The second-order valence-corrected chi connectivity index (χ2v) is 10.3. The number of phenols is 1. The number of ether oxygens (including phenoxy) is 2. The number of nitrogens with one attached hydrogen (secondary N) is 1. The zero-order chi connectivity index (χ0) is 25.7. The van der Waals surface area contributed by atoms with Crippen LogP contribution in [0.15, 0.2) is 71.1 Å². The molecule has 4 rings (SSSR count). The molecule has 0 amide bonds. The minimum atomic E-state index is -0.600. The summed E-state index contributed by atoms with van der Waals surface area (Å²) in [5.74, 6) is 1.05. The minimum Gasteiger partial charge on any atom is -0.504 e. The van der Waals surface area contributed by atoms with E-state index in [-0.39, 0.29) is 17.5 Å². The molecule has 0 radical (unpaired) electrons. The van der Waals surface area contributed by atoms with Gasteiger partial charge in [-0.3, -0.25) is 4.79 Å². The van der Waals surface area contributed by atoms with Crippen molar-refractivity contribution in [3.63, 3.8) is 0 Å². The standard InChI is InChI=1S/C29H33NO5S/c1-4-34-25-17-20(11-12-23(25)31)27-26(29(33)35-13-14-36-5-2)18(3)30-22-15-21(16-24(32)28(22)27)19-9-7-6-8-10-19/h6-12,17,21,27,30-31H,4-5,13-16H2,1-3H3. The molecular weight excluding hydrogens is 474 g/mol. The molecule has 36 heavy (non-hydrogen) atoms. The van der Waals surface area contributed by atoms with Crippen molar-refractivity contribution >= 4 is 23.5 Å². The van der Waals surface area contributed by atoms with Gasteiger partial charge < -0.3 is 19.9 Å². The molecule has 0 bridgehead atoms. The third kappa shape index (κ3) is 5.46. The van der Waals surface area contributed by atoms with Crippen LogP contribution in [-0.4, -0.2) is 41.6 Å². The molecule has 2 aliphatic rings. The van der Waals surface area contributed by atoms with E-state index in [0.29, 0.717) is 60.0 Å². The van der Waals surface area contributed by atoms with Crippen molar-refractivity contribution in [3.05, 3.63) is 82.2 Å². The fourth-order valence-electron chi connectivity index (χ4n) is 5.00. The molecule has 1 aliphatic heterocycles. The largest absolute Gasteiger partial charge is 0.504 e. The molecule has 2 aromatic rings. The predicted molar refractivity (Wildman–Crippen MR) is 142 cm³/mol. The van der Waals surface area contributed by atoms with Crippen LogP contribution in [0.2, 0.25) is 0 Å².